The van der Waals surface area contributed by atoms with E-state index in [4.69, 9.17) is 4.74 Å². The first-order chi connectivity index (χ1) is 9.44. The van der Waals surface area contributed by atoms with Crippen LogP contribution in [-0.4, -0.2) is 29.4 Å². The lowest BCUT2D eigenvalue weighted by Crippen LogP contribution is -2.29. The Labute approximate surface area is 114 Å². The molecule has 2 rings (SSSR count). The number of ether oxygens (including phenoxy) is 1. The first kappa shape index (κ1) is 14.6. The molecule has 7 heteroatoms. The van der Waals surface area contributed by atoms with Crippen LogP contribution < -0.4 is 10.1 Å². The van der Waals surface area contributed by atoms with Gasteiger partial charge in [-0.3, -0.25) is 0 Å². The van der Waals surface area contributed by atoms with Gasteiger partial charge in [0.2, 0.25) is 0 Å². The van der Waals surface area contributed by atoms with Crippen molar-refractivity contribution in [3.8, 4) is 5.75 Å². The Hall–Kier alpha value is -1.76. The average molecular weight is 287 g/mol. The molecule has 0 aliphatic carbocycles. The minimum atomic E-state index is -4.22. The van der Waals surface area contributed by atoms with Gasteiger partial charge in [0, 0.05) is 12.6 Å². The highest BCUT2D eigenvalue weighted by Gasteiger charge is 2.26. The molecule has 0 saturated carbocycles. The average Bonchev–Trinajstić information content (AvgIpc) is 2.73. The van der Waals surface area contributed by atoms with Crippen molar-refractivity contribution in [3.63, 3.8) is 0 Å². The summed E-state index contributed by atoms with van der Waals surface area (Å²) in [7, 11) is 1.56. The minimum absolute atomic E-state index is 0.0738. The molecule has 0 radical (unpaired) electrons. The Bertz CT molecular complexity index is 592. The molecule has 0 bridgehead atoms. The lowest BCUT2D eigenvalue weighted by molar-refractivity contribution is -0.125. The van der Waals surface area contributed by atoms with Crippen molar-refractivity contribution >= 4 is 11.0 Å². The molecule has 20 heavy (non-hydrogen) atoms. The van der Waals surface area contributed by atoms with Crippen LogP contribution in [0.1, 0.15) is 12.7 Å². The Morgan fingerprint density at radius 2 is 2.10 bits per heavy atom. The molecule has 0 fully saturated rings. The molecule has 1 aromatic heterocycles. The first-order valence-electron chi connectivity index (χ1n) is 6.25. The maximum absolute atomic E-state index is 12.1. The fraction of sp³-hybridized carbons (Fsp3) is 0.462. The van der Waals surface area contributed by atoms with Crippen molar-refractivity contribution < 1.29 is 17.9 Å². The summed E-state index contributed by atoms with van der Waals surface area (Å²) in [6, 6.07) is 5.44. The van der Waals surface area contributed by atoms with Crippen LogP contribution in [0.5, 0.6) is 5.75 Å². The molecule has 0 aliphatic rings. The van der Waals surface area contributed by atoms with Gasteiger partial charge in [0.15, 0.2) is 0 Å². The predicted molar refractivity (Wildman–Crippen MR) is 69.7 cm³/mol. The number of imidazole rings is 1. The van der Waals surface area contributed by atoms with Gasteiger partial charge in [-0.2, -0.15) is 13.2 Å². The molecule has 1 aromatic carbocycles. The normalized spacial score (nSPS) is 12.1. The molecule has 0 atom stereocenters. The summed E-state index contributed by atoms with van der Waals surface area (Å²) >= 11 is 0. The molecular formula is C13H16F3N3O. The summed E-state index contributed by atoms with van der Waals surface area (Å²) in [5, 5.41) is 2.37. The lowest BCUT2D eigenvalue weighted by atomic mass is 10.3. The lowest BCUT2D eigenvalue weighted by Gasteiger charge is -2.09. The van der Waals surface area contributed by atoms with Gasteiger partial charge in [0.1, 0.15) is 11.6 Å². The number of hydrogen-bond donors (Lipinski definition) is 1. The number of methoxy groups -OCH3 is 1. The number of aryl methyl sites for hydroxylation is 1. The number of fused-ring (bicyclic) bond motifs is 1. The zero-order valence-corrected chi connectivity index (χ0v) is 11.3. The SMILES string of the molecule is CCn1c(CNCC(F)(F)F)nc2cc(OC)ccc21. The highest BCUT2D eigenvalue weighted by Crippen LogP contribution is 2.22. The maximum atomic E-state index is 12.1. The third kappa shape index (κ3) is 3.22. The van der Waals surface area contributed by atoms with Gasteiger partial charge in [-0.15, -0.1) is 0 Å². The van der Waals surface area contributed by atoms with E-state index in [2.05, 4.69) is 10.3 Å². The summed E-state index contributed by atoms with van der Waals surface area (Å²) in [4.78, 5) is 4.36. The maximum Gasteiger partial charge on any atom is 0.401 e. The zero-order valence-electron chi connectivity index (χ0n) is 11.3. The Kier molecular flexibility index (Phi) is 4.17. The molecule has 0 saturated heterocycles. The number of alkyl halides is 3. The van der Waals surface area contributed by atoms with Crippen LogP contribution in [-0.2, 0) is 13.1 Å². The first-order valence-corrected chi connectivity index (χ1v) is 6.25. The highest BCUT2D eigenvalue weighted by molar-refractivity contribution is 5.77. The van der Waals surface area contributed by atoms with Crippen LogP contribution in [0.25, 0.3) is 11.0 Å². The van der Waals surface area contributed by atoms with Gasteiger partial charge in [0.25, 0.3) is 0 Å². The minimum Gasteiger partial charge on any atom is -0.497 e. The van der Waals surface area contributed by atoms with Gasteiger partial charge in [-0.1, -0.05) is 0 Å². The van der Waals surface area contributed by atoms with Crippen LogP contribution in [0, 0.1) is 0 Å². The van der Waals surface area contributed by atoms with Crippen molar-refractivity contribution in [1.29, 1.82) is 0 Å². The summed E-state index contributed by atoms with van der Waals surface area (Å²) in [5.41, 5.74) is 1.60. The van der Waals surface area contributed by atoms with Crippen LogP contribution in [0.3, 0.4) is 0 Å². The second kappa shape index (κ2) is 5.70. The van der Waals surface area contributed by atoms with Gasteiger partial charge in [0.05, 0.1) is 31.2 Å². The van der Waals surface area contributed by atoms with E-state index < -0.39 is 12.7 Å². The summed E-state index contributed by atoms with van der Waals surface area (Å²) in [6.45, 7) is 1.62. The number of benzene rings is 1. The number of aromatic nitrogens is 2. The molecule has 0 spiro atoms. The summed E-state index contributed by atoms with van der Waals surface area (Å²) < 4.78 is 43.4. The van der Waals surface area contributed by atoms with Crippen LogP contribution in [0.15, 0.2) is 18.2 Å². The Balaban J connectivity index is 2.24. The number of hydrogen-bond acceptors (Lipinski definition) is 3. The van der Waals surface area contributed by atoms with Gasteiger partial charge in [-0.25, -0.2) is 4.98 Å². The summed E-state index contributed by atoms with van der Waals surface area (Å²) in [6.07, 6.45) is -4.22. The zero-order chi connectivity index (χ0) is 14.8. The quantitative estimate of drug-likeness (QED) is 0.919. The van der Waals surface area contributed by atoms with E-state index in [1.807, 2.05) is 23.6 Å². The highest BCUT2D eigenvalue weighted by atomic mass is 19.4. The number of nitrogens with zero attached hydrogens (tertiary/aromatic N) is 2. The topological polar surface area (TPSA) is 39.1 Å². The van der Waals surface area contributed by atoms with E-state index in [0.717, 1.165) is 11.0 Å². The Morgan fingerprint density at radius 3 is 2.70 bits per heavy atom. The van der Waals surface area contributed by atoms with Gasteiger partial charge in [-0.05, 0) is 19.1 Å². The van der Waals surface area contributed by atoms with E-state index >= 15 is 0 Å². The number of nitrogens with one attached hydrogen (secondary N) is 1. The predicted octanol–water partition coefficient (Wildman–Crippen LogP) is 2.72. The van der Waals surface area contributed by atoms with E-state index in [-0.39, 0.29) is 6.54 Å². The van der Waals surface area contributed by atoms with Gasteiger partial charge < -0.3 is 14.6 Å². The van der Waals surface area contributed by atoms with Crippen molar-refractivity contribution in [2.45, 2.75) is 26.2 Å². The van der Waals surface area contributed by atoms with Crippen molar-refractivity contribution in [1.82, 2.24) is 14.9 Å². The van der Waals surface area contributed by atoms with Crippen molar-refractivity contribution in [2.75, 3.05) is 13.7 Å². The number of halogens is 3. The van der Waals surface area contributed by atoms with Crippen molar-refractivity contribution in [3.05, 3.63) is 24.0 Å². The molecule has 110 valence electrons. The molecular weight excluding hydrogens is 271 g/mol. The fourth-order valence-corrected chi connectivity index (χ4v) is 2.09. The molecule has 0 aliphatic heterocycles. The summed E-state index contributed by atoms with van der Waals surface area (Å²) in [5.74, 6) is 1.26. The van der Waals surface area contributed by atoms with E-state index in [9.17, 15) is 13.2 Å². The second-order valence-electron chi connectivity index (χ2n) is 4.35. The largest absolute Gasteiger partial charge is 0.497 e. The fourth-order valence-electron chi connectivity index (χ4n) is 2.09. The van der Waals surface area contributed by atoms with Gasteiger partial charge >= 0.3 is 6.18 Å². The van der Waals surface area contributed by atoms with E-state index in [1.54, 1.807) is 13.2 Å². The van der Waals surface area contributed by atoms with Crippen LogP contribution >= 0.6 is 0 Å². The van der Waals surface area contributed by atoms with Crippen LogP contribution in [0.2, 0.25) is 0 Å². The number of rotatable bonds is 5. The molecule has 1 heterocycles. The third-order valence-electron chi connectivity index (χ3n) is 2.96. The Morgan fingerprint density at radius 1 is 1.35 bits per heavy atom. The van der Waals surface area contributed by atoms with Crippen LogP contribution in [0.4, 0.5) is 13.2 Å². The monoisotopic (exact) mass is 287 g/mol. The smallest absolute Gasteiger partial charge is 0.401 e. The van der Waals surface area contributed by atoms with E-state index in [0.29, 0.717) is 18.1 Å². The molecule has 1 N–H and O–H groups in total. The molecule has 4 nitrogen and oxygen atoms in total. The molecule has 0 unspecified atom stereocenters. The molecule has 2 aromatic rings. The molecule has 0 amide bonds. The van der Waals surface area contributed by atoms with E-state index in [1.165, 1.54) is 0 Å². The van der Waals surface area contributed by atoms with Crippen molar-refractivity contribution in [2.24, 2.45) is 0 Å². The third-order valence-corrected chi connectivity index (χ3v) is 2.96. The second-order valence-corrected chi connectivity index (χ2v) is 4.35. The standard InChI is InChI=1S/C13H16F3N3O/c1-3-19-11-5-4-9(20-2)6-10(11)18-12(19)7-17-8-13(14,15)16/h4-6,17H,3,7-8H2,1-2H3.